The number of halogens is 3. The Morgan fingerprint density at radius 3 is 2.61 bits per heavy atom. The zero-order chi connectivity index (χ0) is 16.9. The topological polar surface area (TPSA) is 79.9 Å². The highest BCUT2D eigenvalue weighted by atomic mass is 32.2. The summed E-state index contributed by atoms with van der Waals surface area (Å²) in [4.78, 5) is 15.7. The first-order valence-electron chi connectivity index (χ1n) is 6.53. The highest BCUT2D eigenvalue weighted by Gasteiger charge is 2.35. The van der Waals surface area contributed by atoms with Crippen LogP contribution >= 0.6 is 11.8 Å². The standard InChI is InChI=1S/C13H13F3N4O2S/c1-2-22-8-3-5-9(6-4-8)23-7-10(21)17-12-18-11(19-20-12)13(14,15)16/h3-6H,2,7H2,1H3,(H2,17,18,19,20,21). The fourth-order valence-corrected chi connectivity index (χ4v) is 2.25. The molecule has 1 aromatic heterocycles. The van der Waals surface area contributed by atoms with Crippen LogP contribution in [0.5, 0.6) is 5.75 Å². The summed E-state index contributed by atoms with van der Waals surface area (Å²) in [6.07, 6.45) is -4.63. The average Bonchev–Trinajstić information content (AvgIpc) is 2.95. The van der Waals surface area contributed by atoms with Crippen molar-refractivity contribution < 1.29 is 22.7 Å². The summed E-state index contributed by atoms with van der Waals surface area (Å²) in [5.41, 5.74) is 0. The lowest BCUT2D eigenvalue weighted by Gasteiger charge is -2.04. The number of carbonyl (C=O) groups is 1. The predicted molar refractivity (Wildman–Crippen MR) is 78.3 cm³/mol. The summed E-state index contributed by atoms with van der Waals surface area (Å²) >= 11 is 1.23. The number of nitrogens with one attached hydrogen (secondary N) is 2. The number of carbonyl (C=O) groups excluding carboxylic acids is 1. The zero-order valence-corrected chi connectivity index (χ0v) is 12.8. The Bertz CT molecular complexity index is 658. The van der Waals surface area contributed by atoms with Gasteiger partial charge in [0, 0.05) is 4.90 Å². The number of H-pyrrole nitrogens is 1. The lowest BCUT2D eigenvalue weighted by atomic mass is 10.3. The molecule has 2 aromatic rings. The number of amides is 1. The molecule has 0 saturated heterocycles. The van der Waals surface area contributed by atoms with Crippen molar-refractivity contribution in [2.75, 3.05) is 17.7 Å². The van der Waals surface area contributed by atoms with Crippen LogP contribution in [0.1, 0.15) is 12.7 Å². The van der Waals surface area contributed by atoms with Gasteiger partial charge in [-0.1, -0.05) is 0 Å². The fourth-order valence-electron chi connectivity index (χ4n) is 1.55. The number of nitrogens with zero attached hydrogens (tertiary/aromatic N) is 2. The minimum absolute atomic E-state index is 0.0177. The van der Waals surface area contributed by atoms with Gasteiger partial charge in [0.15, 0.2) is 0 Å². The average molecular weight is 346 g/mol. The Hall–Kier alpha value is -2.23. The molecule has 0 bridgehead atoms. The number of hydrogen-bond donors (Lipinski definition) is 2. The lowest BCUT2D eigenvalue weighted by molar-refractivity contribution is -0.144. The molecular weight excluding hydrogens is 333 g/mol. The van der Waals surface area contributed by atoms with Crippen LogP contribution in [0, 0.1) is 0 Å². The number of aromatic nitrogens is 3. The molecule has 0 aliphatic rings. The molecule has 1 amide bonds. The minimum atomic E-state index is -4.63. The van der Waals surface area contributed by atoms with E-state index in [1.165, 1.54) is 11.8 Å². The molecule has 124 valence electrons. The van der Waals surface area contributed by atoms with Crippen LogP contribution in [0.2, 0.25) is 0 Å². The van der Waals surface area contributed by atoms with Gasteiger partial charge in [0.2, 0.25) is 17.7 Å². The molecule has 23 heavy (non-hydrogen) atoms. The van der Waals surface area contributed by atoms with E-state index in [-0.39, 0.29) is 5.75 Å². The van der Waals surface area contributed by atoms with Crippen LogP contribution in [0.15, 0.2) is 29.2 Å². The summed E-state index contributed by atoms with van der Waals surface area (Å²) in [5, 5.41) is 7.22. The first-order chi connectivity index (χ1) is 10.9. The Kier molecular flexibility index (Phi) is 5.48. The van der Waals surface area contributed by atoms with Crippen LogP contribution < -0.4 is 10.1 Å². The largest absolute Gasteiger partial charge is 0.494 e. The molecule has 2 N–H and O–H groups in total. The first kappa shape index (κ1) is 17.1. The fraction of sp³-hybridized carbons (Fsp3) is 0.308. The van der Waals surface area contributed by atoms with E-state index in [2.05, 4.69) is 15.4 Å². The van der Waals surface area contributed by atoms with Gasteiger partial charge >= 0.3 is 6.18 Å². The van der Waals surface area contributed by atoms with Gasteiger partial charge < -0.3 is 4.74 Å². The number of ether oxygens (including phenoxy) is 1. The SMILES string of the molecule is CCOc1ccc(SCC(=O)Nc2n[nH]c(C(F)(F)F)n2)cc1. The van der Waals surface area contributed by atoms with Gasteiger partial charge in [-0.15, -0.1) is 16.9 Å². The second kappa shape index (κ2) is 7.36. The summed E-state index contributed by atoms with van der Waals surface area (Å²) in [6, 6.07) is 7.12. The molecule has 0 aliphatic carbocycles. The first-order valence-corrected chi connectivity index (χ1v) is 7.52. The third-order valence-electron chi connectivity index (χ3n) is 2.51. The quantitative estimate of drug-likeness (QED) is 0.786. The van der Waals surface area contributed by atoms with E-state index in [4.69, 9.17) is 4.74 Å². The van der Waals surface area contributed by atoms with Crippen LogP contribution in [0.3, 0.4) is 0 Å². The van der Waals surface area contributed by atoms with Gasteiger partial charge in [-0.25, -0.2) is 0 Å². The Morgan fingerprint density at radius 1 is 1.35 bits per heavy atom. The smallest absolute Gasteiger partial charge is 0.451 e. The molecule has 10 heteroatoms. The monoisotopic (exact) mass is 346 g/mol. The second-order valence-corrected chi connectivity index (χ2v) is 5.30. The van der Waals surface area contributed by atoms with Crippen LogP contribution in [-0.4, -0.2) is 33.4 Å². The molecular formula is C13H13F3N4O2S. The molecule has 0 spiro atoms. The molecule has 0 unspecified atom stereocenters. The molecule has 0 fully saturated rings. The number of thioether (sulfide) groups is 1. The van der Waals surface area contributed by atoms with Crippen molar-refractivity contribution in [1.29, 1.82) is 0 Å². The van der Waals surface area contributed by atoms with Crippen molar-refractivity contribution >= 4 is 23.6 Å². The summed E-state index contributed by atoms with van der Waals surface area (Å²) in [5.74, 6) is -1.43. The van der Waals surface area contributed by atoms with Gasteiger partial charge in [0.05, 0.1) is 12.4 Å². The molecule has 6 nitrogen and oxygen atoms in total. The van der Waals surface area contributed by atoms with Crippen LogP contribution in [0.25, 0.3) is 0 Å². The van der Waals surface area contributed by atoms with Crippen molar-refractivity contribution in [2.45, 2.75) is 18.0 Å². The van der Waals surface area contributed by atoms with Gasteiger partial charge in [0.1, 0.15) is 5.75 Å². The van der Waals surface area contributed by atoms with E-state index in [9.17, 15) is 18.0 Å². The highest BCUT2D eigenvalue weighted by Crippen LogP contribution is 2.26. The molecule has 0 saturated carbocycles. The zero-order valence-electron chi connectivity index (χ0n) is 12.0. The molecule has 1 aromatic carbocycles. The van der Waals surface area contributed by atoms with E-state index in [0.717, 1.165) is 10.6 Å². The number of benzene rings is 1. The number of hydrogen-bond acceptors (Lipinski definition) is 5. The van der Waals surface area contributed by atoms with E-state index < -0.39 is 23.9 Å². The van der Waals surface area contributed by atoms with E-state index in [1.54, 1.807) is 29.4 Å². The van der Waals surface area contributed by atoms with Crippen LogP contribution in [0.4, 0.5) is 19.1 Å². The lowest BCUT2D eigenvalue weighted by Crippen LogP contribution is -2.15. The van der Waals surface area contributed by atoms with Crippen molar-refractivity contribution in [3.05, 3.63) is 30.1 Å². The normalized spacial score (nSPS) is 11.3. The van der Waals surface area contributed by atoms with Gasteiger partial charge in [0.25, 0.3) is 0 Å². The van der Waals surface area contributed by atoms with E-state index in [1.807, 2.05) is 6.92 Å². The van der Waals surface area contributed by atoms with Gasteiger partial charge in [-0.05, 0) is 31.2 Å². The predicted octanol–water partition coefficient (Wildman–Crippen LogP) is 2.95. The van der Waals surface area contributed by atoms with Crippen LogP contribution in [-0.2, 0) is 11.0 Å². The second-order valence-electron chi connectivity index (χ2n) is 4.25. The number of anilines is 1. The maximum absolute atomic E-state index is 12.3. The Balaban J connectivity index is 1.84. The maximum atomic E-state index is 12.3. The molecule has 0 radical (unpaired) electrons. The summed E-state index contributed by atoms with van der Waals surface area (Å²) < 4.78 is 42.3. The molecule has 0 atom stereocenters. The third-order valence-corrected chi connectivity index (χ3v) is 3.52. The van der Waals surface area contributed by atoms with Gasteiger partial charge in [-0.3, -0.25) is 15.2 Å². The summed E-state index contributed by atoms with van der Waals surface area (Å²) in [6.45, 7) is 2.44. The third kappa shape index (κ3) is 5.16. The Morgan fingerprint density at radius 2 is 2.04 bits per heavy atom. The molecule has 1 heterocycles. The van der Waals surface area contributed by atoms with Gasteiger partial charge in [-0.2, -0.15) is 18.2 Å². The Labute approximate surface area is 133 Å². The summed E-state index contributed by atoms with van der Waals surface area (Å²) in [7, 11) is 0. The van der Waals surface area contributed by atoms with Crippen molar-refractivity contribution in [1.82, 2.24) is 15.2 Å². The maximum Gasteiger partial charge on any atom is 0.451 e. The van der Waals surface area contributed by atoms with E-state index >= 15 is 0 Å². The number of rotatable bonds is 6. The number of aromatic amines is 1. The highest BCUT2D eigenvalue weighted by molar-refractivity contribution is 8.00. The van der Waals surface area contributed by atoms with Crippen molar-refractivity contribution in [3.63, 3.8) is 0 Å². The van der Waals surface area contributed by atoms with E-state index in [0.29, 0.717) is 6.61 Å². The molecule has 0 aliphatic heterocycles. The van der Waals surface area contributed by atoms with Crippen molar-refractivity contribution in [2.24, 2.45) is 0 Å². The van der Waals surface area contributed by atoms with Crippen molar-refractivity contribution in [3.8, 4) is 5.75 Å². The number of alkyl halides is 3. The minimum Gasteiger partial charge on any atom is -0.494 e. The molecule has 2 rings (SSSR count).